The molecule has 0 aromatic carbocycles. The number of hydrogen-bond donors (Lipinski definition) is 0. The second-order valence-corrected chi connectivity index (χ2v) is 7.55. The lowest BCUT2D eigenvalue weighted by molar-refractivity contribution is -0.860. The zero-order valence-electron chi connectivity index (χ0n) is 13.6. The standard InChI is InChI=1S/C8F16N8/c9-25(10)1-2(26(11)12)5(29(17)18)3(1,27(13)14)7(31(21)22)4(1,28(15)16)6(2,30(19)20)8(5,7)32(23)24. The molecule has 0 heterocycles. The molecule has 8 nitrogen and oxygen atoms in total. The Morgan fingerprint density at radius 3 is 0.281 bits per heavy atom. The van der Waals surface area contributed by atoms with Crippen LogP contribution in [0.5, 0.6) is 0 Å². The fraction of sp³-hybridized carbons (Fsp3) is 1.00. The second kappa shape index (κ2) is 4.84. The van der Waals surface area contributed by atoms with Crippen LogP contribution in [0.3, 0.4) is 0 Å². The van der Waals surface area contributed by atoms with Crippen molar-refractivity contribution in [2.24, 2.45) is 0 Å². The minimum atomic E-state index is -5.38. The predicted molar refractivity (Wildman–Crippen MR) is 54.3 cm³/mol. The predicted octanol–water partition coefficient (Wildman–Crippen LogP) is 2.53. The third-order valence-corrected chi connectivity index (χ3v) is 8.31. The highest BCUT2D eigenvalue weighted by Gasteiger charge is 3.52. The van der Waals surface area contributed by atoms with E-state index in [1.807, 2.05) is 0 Å². The van der Waals surface area contributed by atoms with Crippen molar-refractivity contribution in [3.8, 4) is 0 Å². The first-order chi connectivity index (χ1) is 14.5. The van der Waals surface area contributed by atoms with Gasteiger partial charge in [-0.15, -0.1) is 71.7 Å². The molecule has 184 valence electrons. The molecular formula is C8F16N8. The van der Waals surface area contributed by atoms with Crippen molar-refractivity contribution in [2.45, 2.75) is 44.3 Å². The molecular weight excluding hydrogens is 512 g/mol. The van der Waals surface area contributed by atoms with Gasteiger partial charge in [0.05, 0.1) is 0 Å². The third kappa shape index (κ3) is 0.908. The van der Waals surface area contributed by atoms with Crippen LogP contribution in [0, 0.1) is 0 Å². The minimum absolute atomic E-state index is 3.08. The summed E-state index contributed by atoms with van der Waals surface area (Å²) < 4.78 is 222. The van der Waals surface area contributed by atoms with Gasteiger partial charge in [-0.05, 0) is 0 Å². The van der Waals surface area contributed by atoms with Gasteiger partial charge in [0, 0.05) is 42.8 Å². The Kier molecular flexibility index (Phi) is 3.38. The Morgan fingerprint density at radius 2 is 0.250 bits per heavy atom. The van der Waals surface area contributed by atoms with Gasteiger partial charge in [-0.3, -0.25) is 0 Å². The van der Waals surface area contributed by atoms with Crippen molar-refractivity contribution in [1.82, 2.24) is 42.8 Å². The van der Waals surface area contributed by atoms with Crippen molar-refractivity contribution in [2.75, 3.05) is 0 Å². The van der Waals surface area contributed by atoms with Gasteiger partial charge in [0.15, 0.2) is 44.3 Å². The van der Waals surface area contributed by atoms with Gasteiger partial charge in [-0.2, -0.15) is 0 Å². The summed E-state index contributed by atoms with van der Waals surface area (Å²) >= 11 is 0. The highest BCUT2D eigenvalue weighted by molar-refractivity contribution is 6.01. The van der Waals surface area contributed by atoms with Crippen molar-refractivity contribution in [3.63, 3.8) is 0 Å². The molecule has 0 saturated heterocycles. The van der Waals surface area contributed by atoms with E-state index >= 15 is 0 Å². The van der Waals surface area contributed by atoms with E-state index in [0.29, 0.717) is 0 Å². The van der Waals surface area contributed by atoms with Crippen molar-refractivity contribution >= 4 is 0 Å². The fourth-order valence-electron chi connectivity index (χ4n) is 8.84. The van der Waals surface area contributed by atoms with Crippen LogP contribution < -0.4 is 0 Å². The van der Waals surface area contributed by atoms with Gasteiger partial charge in [-0.25, -0.2) is 0 Å². The lowest BCUT2D eigenvalue weighted by Gasteiger charge is -3.21. The summed E-state index contributed by atoms with van der Waals surface area (Å²) in [5, 5.41) is -24.6. The maximum atomic E-state index is 13.9. The molecule has 6 saturated carbocycles. The Balaban J connectivity index is 2.05. The van der Waals surface area contributed by atoms with Crippen LogP contribution in [-0.2, 0) is 0 Å². The van der Waals surface area contributed by atoms with E-state index in [1.54, 1.807) is 0 Å². The monoisotopic (exact) mass is 512 g/mol. The maximum absolute atomic E-state index is 13.9. The van der Waals surface area contributed by atoms with Crippen LogP contribution in [-0.4, -0.2) is 87.1 Å². The molecule has 32 heavy (non-hydrogen) atoms. The lowest BCUT2D eigenvalue weighted by atomic mass is 8.81. The Bertz CT molecular complexity index is 628. The van der Waals surface area contributed by atoms with Crippen molar-refractivity contribution in [3.05, 3.63) is 0 Å². The summed E-state index contributed by atoms with van der Waals surface area (Å²) in [5.74, 6) is 0. The molecule has 0 N–H and O–H groups in total. The number of halogens is 16. The molecule has 6 fully saturated rings. The van der Waals surface area contributed by atoms with E-state index in [4.69, 9.17) is 0 Å². The second-order valence-electron chi connectivity index (χ2n) is 7.55. The van der Waals surface area contributed by atoms with Gasteiger partial charge in [0.1, 0.15) is 0 Å². The van der Waals surface area contributed by atoms with Crippen LogP contribution in [0.15, 0.2) is 0 Å². The van der Waals surface area contributed by atoms with E-state index in [2.05, 4.69) is 0 Å². The summed E-state index contributed by atoms with van der Waals surface area (Å²) in [6.45, 7) is 0. The van der Waals surface area contributed by atoms with E-state index < -0.39 is 87.1 Å². The zero-order chi connectivity index (χ0) is 24.6. The van der Waals surface area contributed by atoms with Gasteiger partial charge in [0.25, 0.3) is 0 Å². The zero-order valence-corrected chi connectivity index (χ0v) is 13.6. The Hall–Kier alpha value is -1.44. The summed E-state index contributed by atoms with van der Waals surface area (Å²) in [7, 11) is 0. The fourth-order valence-corrected chi connectivity index (χ4v) is 8.84. The van der Waals surface area contributed by atoms with Crippen LogP contribution in [0.1, 0.15) is 0 Å². The number of hydrogen-bond acceptors (Lipinski definition) is 8. The van der Waals surface area contributed by atoms with E-state index in [9.17, 15) is 71.7 Å². The highest BCUT2D eigenvalue weighted by Crippen LogP contribution is 3.17. The first kappa shape index (κ1) is 22.4. The van der Waals surface area contributed by atoms with Crippen LogP contribution in [0.25, 0.3) is 0 Å². The number of rotatable bonds is 8. The minimum Gasteiger partial charge on any atom is -0.101 e. The van der Waals surface area contributed by atoms with Crippen molar-refractivity contribution < 1.29 is 71.7 Å². The molecule has 0 aromatic rings. The summed E-state index contributed by atoms with van der Waals surface area (Å²) in [4.78, 5) is 0. The molecule has 0 radical (unpaired) electrons. The van der Waals surface area contributed by atoms with Crippen molar-refractivity contribution in [1.29, 1.82) is 0 Å². The molecule has 6 aliphatic rings. The lowest BCUT2D eigenvalue weighted by Crippen LogP contribution is -3.57. The average Bonchev–Trinajstić information content (AvgIpc) is 2.62. The quantitative estimate of drug-likeness (QED) is 0.362. The number of nitrogens with zero attached hydrogens (tertiary/aromatic N) is 8. The summed E-state index contributed by atoms with van der Waals surface area (Å²) in [6, 6.07) is 0. The SMILES string of the molecule is FN(F)C12C3(N(F)F)C4(N(F)F)C1(N(F)F)C1(N(F)F)C2(N(F)F)C3(N(F)F)C41N(F)F. The molecule has 0 aliphatic heterocycles. The molecule has 0 unspecified atom stereocenters. The van der Waals surface area contributed by atoms with Crippen LogP contribution in [0.2, 0.25) is 0 Å². The molecule has 0 spiro atoms. The average molecular weight is 512 g/mol. The van der Waals surface area contributed by atoms with E-state index in [1.165, 1.54) is 0 Å². The molecule has 0 atom stereocenters. The Morgan fingerprint density at radius 1 is 0.188 bits per heavy atom. The molecule has 0 amide bonds. The largest absolute Gasteiger partial charge is 0.168 e. The van der Waals surface area contributed by atoms with E-state index in [0.717, 1.165) is 0 Å². The first-order valence-corrected chi connectivity index (χ1v) is 7.49. The molecule has 0 bridgehead atoms. The molecule has 6 aliphatic carbocycles. The van der Waals surface area contributed by atoms with Gasteiger partial charge in [0.2, 0.25) is 0 Å². The smallest absolute Gasteiger partial charge is 0.101 e. The maximum Gasteiger partial charge on any atom is 0.168 e. The topological polar surface area (TPSA) is 25.9 Å². The molecule has 24 heteroatoms. The highest BCUT2D eigenvalue weighted by atomic mass is 19.4. The molecule has 6 rings (SSSR count). The van der Waals surface area contributed by atoms with Gasteiger partial charge in [-0.1, -0.05) is 0 Å². The molecule has 0 aromatic heterocycles. The third-order valence-electron chi connectivity index (χ3n) is 8.31. The van der Waals surface area contributed by atoms with Crippen LogP contribution >= 0.6 is 0 Å². The summed E-state index contributed by atoms with van der Waals surface area (Å²) in [6.07, 6.45) is 0. The van der Waals surface area contributed by atoms with Gasteiger partial charge < -0.3 is 0 Å². The summed E-state index contributed by atoms with van der Waals surface area (Å²) in [5.41, 5.74) is -43.1. The van der Waals surface area contributed by atoms with E-state index in [-0.39, 0.29) is 0 Å². The first-order valence-electron chi connectivity index (χ1n) is 7.49. The van der Waals surface area contributed by atoms with Gasteiger partial charge >= 0.3 is 0 Å². The normalized spacial score (nSPS) is 56.2. The van der Waals surface area contributed by atoms with Crippen LogP contribution in [0.4, 0.5) is 71.7 Å². The Labute approximate surface area is 160 Å².